The van der Waals surface area contributed by atoms with E-state index < -0.39 is 10.0 Å². The van der Waals surface area contributed by atoms with E-state index in [1.807, 2.05) is 41.8 Å². The molecule has 8 heteroatoms. The smallest absolute Gasteiger partial charge is 0.319 e. The standard InChI is InChI=1S/C20H21N3O3S2/c1-23(2)28(25,26)16-11-9-15(10-12-16)14-21-20(24)22-18-7-4-3-6-17(18)19-8-5-13-27-19/h3-13H,14H2,1-2H3,(H2,21,22,24). The largest absolute Gasteiger partial charge is 0.334 e. The number of carbonyl (C=O) groups excluding carboxylic acids is 1. The van der Waals surface area contributed by atoms with E-state index in [-0.39, 0.29) is 17.5 Å². The van der Waals surface area contributed by atoms with Crippen LogP contribution in [0.25, 0.3) is 10.4 Å². The van der Waals surface area contributed by atoms with Crippen molar-refractivity contribution in [1.29, 1.82) is 0 Å². The van der Waals surface area contributed by atoms with Gasteiger partial charge in [0, 0.05) is 31.1 Å². The minimum atomic E-state index is -3.46. The van der Waals surface area contributed by atoms with E-state index >= 15 is 0 Å². The van der Waals surface area contributed by atoms with Gasteiger partial charge >= 0.3 is 6.03 Å². The van der Waals surface area contributed by atoms with Crippen molar-refractivity contribution in [2.24, 2.45) is 0 Å². The number of para-hydroxylation sites is 1. The molecule has 0 radical (unpaired) electrons. The van der Waals surface area contributed by atoms with Crippen LogP contribution in [0.4, 0.5) is 10.5 Å². The highest BCUT2D eigenvalue weighted by molar-refractivity contribution is 7.89. The van der Waals surface area contributed by atoms with Crippen LogP contribution in [0, 0.1) is 0 Å². The number of nitrogens with zero attached hydrogens (tertiary/aromatic N) is 1. The summed E-state index contributed by atoms with van der Waals surface area (Å²) in [5.41, 5.74) is 2.50. The third-order valence-electron chi connectivity index (χ3n) is 4.12. The van der Waals surface area contributed by atoms with Crippen molar-refractivity contribution in [3.63, 3.8) is 0 Å². The average Bonchev–Trinajstić information content (AvgIpc) is 3.21. The lowest BCUT2D eigenvalue weighted by Crippen LogP contribution is -2.28. The van der Waals surface area contributed by atoms with Crippen molar-refractivity contribution in [3.8, 4) is 10.4 Å². The SMILES string of the molecule is CN(C)S(=O)(=O)c1ccc(CNC(=O)Nc2ccccc2-c2cccs2)cc1. The lowest BCUT2D eigenvalue weighted by Gasteiger charge is -2.13. The molecule has 1 aromatic heterocycles. The molecule has 2 aromatic carbocycles. The fourth-order valence-corrected chi connectivity index (χ4v) is 4.25. The van der Waals surface area contributed by atoms with Crippen molar-refractivity contribution in [3.05, 3.63) is 71.6 Å². The topological polar surface area (TPSA) is 78.5 Å². The van der Waals surface area contributed by atoms with Crippen LogP contribution in [0.3, 0.4) is 0 Å². The maximum absolute atomic E-state index is 12.3. The summed E-state index contributed by atoms with van der Waals surface area (Å²) in [7, 11) is -0.479. The number of carbonyl (C=O) groups is 1. The van der Waals surface area contributed by atoms with Crippen LogP contribution in [0.2, 0.25) is 0 Å². The Morgan fingerprint density at radius 1 is 1.00 bits per heavy atom. The molecular weight excluding hydrogens is 394 g/mol. The first-order valence-electron chi connectivity index (χ1n) is 8.57. The number of nitrogens with one attached hydrogen (secondary N) is 2. The van der Waals surface area contributed by atoms with E-state index in [2.05, 4.69) is 10.6 Å². The van der Waals surface area contributed by atoms with Crippen molar-refractivity contribution in [2.75, 3.05) is 19.4 Å². The van der Waals surface area contributed by atoms with Crippen LogP contribution in [0.15, 0.2) is 70.9 Å². The molecule has 0 aliphatic carbocycles. The number of hydrogen-bond acceptors (Lipinski definition) is 4. The molecule has 0 fully saturated rings. The molecule has 2 amide bonds. The van der Waals surface area contributed by atoms with Gasteiger partial charge in [0.2, 0.25) is 10.0 Å². The summed E-state index contributed by atoms with van der Waals surface area (Å²) in [6.07, 6.45) is 0. The van der Waals surface area contributed by atoms with E-state index in [9.17, 15) is 13.2 Å². The monoisotopic (exact) mass is 415 g/mol. The van der Waals surface area contributed by atoms with Crippen LogP contribution in [-0.4, -0.2) is 32.8 Å². The number of urea groups is 1. The fraction of sp³-hybridized carbons (Fsp3) is 0.150. The molecule has 0 atom stereocenters. The van der Waals surface area contributed by atoms with Gasteiger partial charge in [0.15, 0.2) is 0 Å². The molecule has 0 spiro atoms. The zero-order valence-corrected chi connectivity index (χ0v) is 17.2. The third kappa shape index (κ3) is 4.59. The number of anilines is 1. The van der Waals surface area contributed by atoms with Crippen molar-refractivity contribution in [2.45, 2.75) is 11.4 Å². The maximum atomic E-state index is 12.3. The molecule has 6 nitrogen and oxygen atoms in total. The minimum absolute atomic E-state index is 0.218. The van der Waals surface area contributed by atoms with Gasteiger partial charge in [0.25, 0.3) is 0 Å². The van der Waals surface area contributed by atoms with Gasteiger partial charge < -0.3 is 10.6 Å². The Kier molecular flexibility index (Phi) is 6.13. The summed E-state index contributed by atoms with van der Waals surface area (Å²) in [6, 6.07) is 17.7. The van der Waals surface area contributed by atoms with Crippen LogP contribution in [0.5, 0.6) is 0 Å². The van der Waals surface area contributed by atoms with E-state index in [1.165, 1.54) is 30.5 Å². The van der Waals surface area contributed by atoms with Crippen LogP contribution < -0.4 is 10.6 Å². The van der Waals surface area contributed by atoms with Crippen LogP contribution in [0.1, 0.15) is 5.56 Å². The van der Waals surface area contributed by atoms with E-state index in [0.29, 0.717) is 0 Å². The molecule has 0 aliphatic rings. The Bertz CT molecular complexity index is 1040. The van der Waals surface area contributed by atoms with Gasteiger partial charge in [-0.05, 0) is 35.2 Å². The Hall–Kier alpha value is -2.68. The molecule has 3 aromatic rings. The number of rotatable bonds is 6. The summed E-state index contributed by atoms with van der Waals surface area (Å²) < 4.78 is 25.3. The van der Waals surface area contributed by atoms with Gasteiger partial charge in [-0.15, -0.1) is 11.3 Å². The van der Waals surface area contributed by atoms with E-state index in [4.69, 9.17) is 0 Å². The summed E-state index contributed by atoms with van der Waals surface area (Å²) in [6.45, 7) is 0.287. The Morgan fingerprint density at radius 3 is 2.36 bits per heavy atom. The fourth-order valence-electron chi connectivity index (χ4n) is 2.58. The lowest BCUT2D eigenvalue weighted by molar-refractivity contribution is 0.251. The van der Waals surface area contributed by atoms with Crippen LogP contribution >= 0.6 is 11.3 Å². The highest BCUT2D eigenvalue weighted by Gasteiger charge is 2.16. The molecule has 2 N–H and O–H groups in total. The number of hydrogen-bond donors (Lipinski definition) is 2. The molecule has 0 bridgehead atoms. The van der Waals surface area contributed by atoms with Gasteiger partial charge in [0.1, 0.15) is 0 Å². The van der Waals surface area contributed by atoms with Crippen molar-refractivity contribution < 1.29 is 13.2 Å². The van der Waals surface area contributed by atoms with E-state index in [0.717, 1.165) is 21.7 Å². The van der Waals surface area contributed by atoms with Gasteiger partial charge in [0.05, 0.1) is 10.6 Å². The number of benzene rings is 2. The average molecular weight is 416 g/mol. The number of sulfonamides is 1. The normalized spacial score (nSPS) is 11.4. The Labute approximate surface area is 168 Å². The third-order valence-corrected chi connectivity index (χ3v) is 6.85. The van der Waals surface area contributed by atoms with Gasteiger partial charge in [-0.3, -0.25) is 0 Å². The Balaban J connectivity index is 1.63. The van der Waals surface area contributed by atoms with Crippen molar-refractivity contribution >= 4 is 33.1 Å². The second-order valence-corrected chi connectivity index (χ2v) is 9.36. The first-order valence-corrected chi connectivity index (χ1v) is 10.9. The predicted molar refractivity (Wildman–Crippen MR) is 113 cm³/mol. The summed E-state index contributed by atoms with van der Waals surface area (Å²) in [4.78, 5) is 13.6. The zero-order valence-electron chi connectivity index (χ0n) is 15.5. The predicted octanol–water partition coefficient (Wildman–Crippen LogP) is 3.99. The Morgan fingerprint density at radius 2 is 1.71 bits per heavy atom. The second-order valence-electron chi connectivity index (χ2n) is 6.26. The molecular formula is C20H21N3O3S2. The molecule has 3 rings (SSSR count). The van der Waals surface area contributed by atoms with E-state index in [1.54, 1.807) is 23.5 Å². The van der Waals surface area contributed by atoms with Gasteiger partial charge in [-0.1, -0.05) is 36.4 Å². The molecule has 28 heavy (non-hydrogen) atoms. The maximum Gasteiger partial charge on any atom is 0.319 e. The summed E-state index contributed by atoms with van der Waals surface area (Å²) >= 11 is 1.61. The van der Waals surface area contributed by atoms with Gasteiger partial charge in [-0.25, -0.2) is 17.5 Å². The molecule has 0 aliphatic heterocycles. The molecule has 0 saturated heterocycles. The van der Waals surface area contributed by atoms with Gasteiger partial charge in [-0.2, -0.15) is 0 Å². The summed E-state index contributed by atoms with van der Waals surface area (Å²) in [5.74, 6) is 0. The highest BCUT2D eigenvalue weighted by atomic mass is 32.2. The molecule has 146 valence electrons. The second kappa shape index (κ2) is 8.55. The van der Waals surface area contributed by atoms with Crippen LogP contribution in [-0.2, 0) is 16.6 Å². The lowest BCUT2D eigenvalue weighted by atomic mass is 10.1. The highest BCUT2D eigenvalue weighted by Crippen LogP contribution is 2.31. The quantitative estimate of drug-likeness (QED) is 0.639. The molecule has 1 heterocycles. The minimum Gasteiger partial charge on any atom is -0.334 e. The first kappa shape index (κ1) is 20.1. The molecule has 0 saturated carbocycles. The number of amides is 2. The van der Waals surface area contributed by atoms with Crippen molar-refractivity contribution in [1.82, 2.24) is 9.62 Å². The zero-order chi connectivity index (χ0) is 20.1. The first-order chi connectivity index (χ1) is 13.4. The summed E-state index contributed by atoms with van der Waals surface area (Å²) in [5, 5.41) is 7.66. The number of thiophene rings is 1. The molecule has 0 unspecified atom stereocenters.